The van der Waals surface area contributed by atoms with Crippen LogP contribution < -0.4 is 10.2 Å². The molecule has 25 heavy (non-hydrogen) atoms. The van der Waals surface area contributed by atoms with E-state index >= 15 is 0 Å². The van der Waals surface area contributed by atoms with Gasteiger partial charge >= 0.3 is 0 Å². The molecular weight excluding hydrogens is 334 g/mol. The number of carbonyl (C=O) groups is 2. The van der Waals surface area contributed by atoms with E-state index in [1.54, 1.807) is 42.4 Å². The van der Waals surface area contributed by atoms with Gasteiger partial charge in [0.1, 0.15) is 9.88 Å². The lowest BCUT2D eigenvalue weighted by Crippen LogP contribution is -2.22. The van der Waals surface area contributed by atoms with E-state index in [0.717, 1.165) is 16.3 Å². The average Bonchev–Trinajstić information content (AvgIpc) is 3.13. The number of aromatic nitrogens is 1. The first-order valence-corrected chi connectivity index (χ1v) is 8.53. The standard InChI is InChI=1S/C19H17N3O2S/c1-13(23)22(2)16-10-8-15(9-11-16)21-18(24)17-12-20-19(25-17)14-6-4-3-5-7-14/h3-12H,1-2H3,(H,21,24). The Morgan fingerprint density at radius 1 is 1.04 bits per heavy atom. The molecule has 3 rings (SSSR count). The van der Waals surface area contributed by atoms with Crippen LogP contribution in [0.4, 0.5) is 11.4 Å². The number of rotatable bonds is 4. The van der Waals surface area contributed by atoms with Crippen molar-refractivity contribution in [2.45, 2.75) is 6.92 Å². The first kappa shape index (κ1) is 16.9. The van der Waals surface area contributed by atoms with Gasteiger partial charge in [-0.05, 0) is 24.3 Å². The largest absolute Gasteiger partial charge is 0.321 e. The number of anilines is 2. The van der Waals surface area contributed by atoms with Crippen LogP contribution in [0.15, 0.2) is 60.8 Å². The summed E-state index contributed by atoms with van der Waals surface area (Å²) < 4.78 is 0. The van der Waals surface area contributed by atoms with Gasteiger partial charge in [0, 0.05) is 30.9 Å². The van der Waals surface area contributed by atoms with E-state index in [4.69, 9.17) is 0 Å². The Kier molecular flexibility index (Phi) is 4.90. The van der Waals surface area contributed by atoms with Crippen LogP contribution in [0.3, 0.4) is 0 Å². The normalized spacial score (nSPS) is 10.3. The van der Waals surface area contributed by atoms with Crippen molar-refractivity contribution in [3.63, 3.8) is 0 Å². The summed E-state index contributed by atoms with van der Waals surface area (Å²) in [4.78, 5) is 30.1. The Bertz CT molecular complexity index is 889. The zero-order chi connectivity index (χ0) is 17.8. The molecule has 6 heteroatoms. The van der Waals surface area contributed by atoms with E-state index in [1.165, 1.54) is 18.3 Å². The van der Waals surface area contributed by atoms with Crippen molar-refractivity contribution in [2.24, 2.45) is 0 Å². The molecule has 5 nitrogen and oxygen atoms in total. The Hall–Kier alpha value is -2.99. The Morgan fingerprint density at radius 2 is 1.72 bits per heavy atom. The number of carbonyl (C=O) groups excluding carboxylic acids is 2. The van der Waals surface area contributed by atoms with Crippen molar-refractivity contribution >= 4 is 34.5 Å². The molecule has 0 bridgehead atoms. The van der Waals surface area contributed by atoms with Crippen molar-refractivity contribution in [1.82, 2.24) is 4.98 Å². The maximum absolute atomic E-state index is 12.4. The molecule has 0 aliphatic heterocycles. The summed E-state index contributed by atoms with van der Waals surface area (Å²) >= 11 is 1.35. The van der Waals surface area contributed by atoms with E-state index in [9.17, 15) is 9.59 Å². The Balaban J connectivity index is 1.70. The molecule has 0 saturated heterocycles. The molecule has 1 aromatic heterocycles. The third-order valence-corrected chi connectivity index (χ3v) is 4.78. The summed E-state index contributed by atoms with van der Waals surface area (Å²) in [6.45, 7) is 1.50. The summed E-state index contributed by atoms with van der Waals surface area (Å²) in [6.07, 6.45) is 1.58. The summed E-state index contributed by atoms with van der Waals surface area (Å²) in [5.74, 6) is -0.248. The minimum absolute atomic E-state index is 0.0464. The molecule has 3 aromatic rings. The first-order chi connectivity index (χ1) is 12.0. The highest BCUT2D eigenvalue weighted by Gasteiger charge is 2.12. The van der Waals surface area contributed by atoms with E-state index in [1.807, 2.05) is 30.3 Å². The van der Waals surface area contributed by atoms with Crippen LogP contribution >= 0.6 is 11.3 Å². The summed E-state index contributed by atoms with van der Waals surface area (Å²) in [6, 6.07) is 16.9. The van der Waals surface area contributed by atoms with Gasteiger partial charge in [0.05, 0.1) is 6.20 Å². The van der Waals surface area contributed by atoms with Gasteiger partial charge in [-0.2, -0.15) is 0 Å². The smallest absolute Gasteiger partial charge is 0.267 e. The molecule has 1 heterocycles. The fraction of sp³-hybridized carbons (Fsp3) is 0.105. The van der Waals surface area contributed by atoms with Gasteiger partial charge in [0.15, 0.2) is 0 Å². The van der Waals surface area contributed by atoms with Crippen molar-refractivity contribution in [1.29, 1.82) is 0 Å². The van der Waals surface area contributed by atoms with Gasteiger partial charge in [0.2, 0.25) is 5.91 Å². The first-order valence-electron chi connectivity index (χ1n) is 7.71. The minimum atomic E-state index is -0.202. The fourth-order valence-electron chi connectivity index (χ4n) is 2.24. The highest BCUT2D eigenvalue weighted by Crippen LogP contribution is 2.25. The number of nitrogens with one attached hydrogen (secondary N) is 1. The second kappa shape index (κ2) is 7.27. The number of hydrogen-bond donors (Lipinski definition) is 1. The van der Waals surface area contributed by atoms with Gasteiger partial charge in [-0.1, -0.05) is 30.3 Å². The second-order valence-electron chi connectivity index (χ2n) is 5.47. The zero-order valence-corrected chi connectivity index (χ0v) is 14.7. The van der Waals surface area contributed by atoms with E-state index < -0.39 is 0 Å². The molecule has 0 atom stereocenters. The van der Waals surface area contributed by atoms with Crippen molar-refractivity contribution in [3.8, 4) is 10.6 Å². The predicted octanol–water partition coefficient (Wildman–Crippen LogP) is 4.05. The minimum Gasteiger partial charge on any atom is -0.321 e. The van der Waals surface area contributed by atoms with Gasteiger partial charge in [0.25, 0.3) is 5.91 Å². The Morgan fingerprint density at radius 3 is 2.36 bits per heavy atom. The van der Waals surface area contributed by atoms with Gasteiger partial charge in [-0.15, -0.1) is 11.3 Å². The Labute approximate surface area is 149 Å². The highest BCUT2D eigenvalue weighted by atomic mass is 32.1. The third-order valence-electron chi connectivity index (χ3n) is 3.74. The summed E-state index contributed by atoms with van der Waals surface area (Å²) in [5.41, 5.74) is 2.43. The lowest BCUT2D eigenvalue weighted by molar-refractivity contribution is -0.116. The van der Waals surface area contributed by atoms with Crippen molar-refractivity contribution in [3.05, 3.63) is 65.7 Å². The predicted molar refractivity (Wildman–Crippen MR) is 101 cm³/mol. The summed E-state index contributed by atoms with van der Waals surface area (Å²) in [7, 11) is 1.71. The van der Waals surface area contributed by atoms with E-state index in [0.29, 0.717) is 10.6 Å². The second-order valence-corrected chi connectivity index (χ2v) is 6.51. The topological polar surface area (TPSA) is 62.3 Å². The molecule has 2 amide bonds. The van der Waals surface area contributed by atoms with Gasteiger partial charge < -0.3 is 10.2 Å². The van der Waals surface area contributed by atoms with Crippen LogP contribution in [0.25, 0.3) is 10.6 Å². The van der Waals surface area contributed by atoms with Crippen molar-refractivity contribution < 1.29 is 9.59 Å². The average molecular weight is 351 g/mol. The van der Waals surface area contributed by atoms with E-state index in [-0.39, 0.29) is 11.8 Å². The maximum Gasteiger partial charge on any atom is 0.267 e. The van der Waals surface area contributed by atoms with Gasteiger partial charge in [-0.3, -0.25) is 9.59 Å². The third kappa shape index (κ3) is 3.92. The number of thiazole rings is 1. The quantitative estimate of drug-likeness (QED) is 0.771. The number of nitrogens with zero attached hydrogens (tertiary/aromatic N) is 2. The fourth-order valence-corrected chi connectivity index (χ4v) is 3.05. The number of benzene rings is 2. The van der Waals surface area contributed by atoms with Crippen LogP contribution in [-0.4, -0.2) is 23.8 Å². The van der Waals surface area contributed by atoms with E-state index in [2.05, 4.69) is 10.3 Å². The van der Waals surface area contributed by atoms with Crippen LogP contribution in [0.2, 0.25) is 0 Å². The van der Waals surface area contributed by atoms with Crippen LogP contribution in [0.5, 0.6) is 0 Å². The molecule has 0 radical (unpaired) electrons. The molecule has 0 aliphatic carbocycles. The summed E-state index contributed by atoms with van der Waals surface area (Å²) in [5, 5.41) is 3.66. The molecule has 0 saturated carbocycles. The number of hydrogen-bond acceptors (Lipinski definition) is 4. The van der Waals surface area contributed by atoms with Crippen molar-refractivity contribution in [2.75, 3.05) is 17.3 Å². The van der Waals surface area contributed by atoms with Crippen LogP contribution in [-0.2, 0) is 4.79 Å². The molecule has 126 valence electrons. The molecule has 0 fully saturated rings. The zero-order valence-electron chi connectivity index (χ0n) is 13.9. The molecule has 0 aliphatic rings. The molecule has 1 N–H and O–H groups in total. The monoisotopic (exact) mass is 351 g/mol. The highest BCUT2D eigenvalue weighted by molar-refractivity contribution is 7.17. The molecule has 0 unspecified atom stereocenters. The number of amides is 2. The lowest BCUT2D eigenvalue weighted by atomic mass is 10.2. The molecular formula is C19H17N3O2S. The SMILES string of the molecule is CC(=O)N(C)c1ccc(NC(=O)c2cnc(-c3ccccc3)s2)cc1. The van der Waals surface area contributed by atoms with Crippen LogP contribution in [0, 0.1) is 0 Å². The molecule has 2 aromatic carbocycles. The van der Waals surface area contributed by atoms with Crippen LogP contribution in [0.1, 0.15) is 16.6 Å². The maximum atomic E-state index is 12.4. The van der Waals surface area contributed by atoms with Gasteiger partial charge in [-0.25, -0.2) is 4.98 Å². The molecule has 0 spiro atoms. The lowest BCUT2D eigenvalue weighted by Gasteiger charge is -2.15.